The molecule has 7 heteroatoms. The first-order valence-electron chi connectivity index (χ1n) is 8.91. The van der Waals surface area contributed by atoms with Crippen LogP contribution < -0.4 is 15.4 Å². The Morgan fingerprint density at radius 3 is 2.52 bits per heavy atom. The highest BCUT2D eigenvalue weighted by Crippen LogP contribution is 2.16. The number of nitrogens with one attached hydrogen (secondary N) is 2. The van der Waals surface area contributed by atoms with Gasteiger partial charge in [0.15, 0.2) is 9.84 Å². The molecule has 0 aliphatic rings. The third kappa shape index (κ3) is 7.40. The van der Waals surface area contributed by atoms with Crippen LogP contribution in [0, 0.1) is 0 Å². The van der Waals surface area contributed by atoms with Gasteiger partial charge in [0.2, 0.25) is 5.91 Å². The molecular formula is C20H26N2O4S. The standard InChI is InChI=1S/C20H26N2O4S/c1-3-21-15-16-6-4-7-17(14-16)22-20(23)8-5-13-26-18-9-11-19(12-10-18)27(2,24)25/h4,6-7,9-12,14,21H,3,5,8,13,15H2,1-2H3,(H,22,23). The third-order valence-corrected chi connectivity index (χ3v) is 4.99. The van der Waals surface area contributed by atoms with Crippen LogP contribution in [0.15, 0.2) is 53.4 Å². The molecule has 0 saturated carbocycles. The molecule has 2 aromatic rings. The maximum atomic E-state index is 12.1. The van der Waals surface area contributed by atoms with Gasteiger partial charge in [-0.25, -0.2) is 8.42 Å². The average Bonchev–Trinajstić information content (AvgIpc) is 2.63. The molecule has 0 spiro atoms. The van der Waals surface area contributed by atoms with Crippen LogP contribution >= 0.6 is 0 Å². The second-order valence-corrected chi connectivity index (χ2v) is 8.24. The monoisotopic (exact) mass is 390 g/mol. The van der Waals surface area contributed by atoms with Gasteiger partial charge in [0.1, 0.15) is 5.75 Å². The van der Waals surface area contributed by atoms with Gasteiger partial charge in [0.05, 0.1) is 11.5 Å². The van der Waals surface area contributed by atoms with Crippen molar-refractivity contribution >= 4 is 21.4 Å². The zero-order valence-electron chi connectivity index (χ0n) is 15.7. The highest BCUT2D eigenvalue weighted by molar-refractivity contribution is 7.90. The van der Waals surface area contributed by atoms with Gasteiger partial charge in [-0.05, 0) is 54.9 Å². The largest absolute Gasteiger partial charge is 0.494 e. The summed E-state index contributed by atoms with van der Waals surface area (Å²) in [5.74, 6) is 0.519. The Morgan fingerprint density at radius 1 is 1.11 bits per heavy atom. The Morgan fingerprint density at radius 2 is 1.85 bits per heavy atom. The molecule has 0 unspecified atom stereocenters. The highest BCUT2D eigenvalue weighted by Gasteiger charge is 2.07. The lowest BCUT2D eigenvalue weighted by Gasteiger charge is -2.09. The van der Waals surface area contributed by atoms with Gasteiger partial charge >= 0.3 is 0 Å². The Kier molecular flexibility index (Phi) is 7.82. The van der Waals surface area contributed by atoms with Crippen molar-refractivity contribution in [3.8, 4) is 5.75 Å². The molecule has 2 aromatic carbocycles. The summed E-state index contributed by atoms with van der Waals surface area (Å²) in [6, 6.07) is 14.0. The molecule has 27 heavy (non-hydrogen) atoms. The van der Waals surface area contributed by atoms with E-state index in [-0.39, 0.29) is 10.8 Å². The average molecular weight is 391 g/mol. The Balaban J connectivity index is 1.73. The van der Waals surface area contributed by atoms with Crippen molar-refractivity contribution in [2.75, 3.05) is 24.7 Å². The van der Waals surface area contributed by atoms with E-state index in [9.17, 15) is 13.2 Å². The summed E-state index contributed by atoms with van der Waals surface area (Å²) in [4.78, 5) is 12.3. The zero-order chi connectivity index (χ0) is 19.7. The summed E-state index contributed by atoms with van der Waals surface area (Å²) in [6.07, 6.45) is 2.08. The second-order valence-electron chi connectivity index (χ2n) is 6.22. The van der Waals surface area contributed by atoms with Crippen LogP contribution in [0.1, 0.15) is 25.3 Å². The molecule has 1 amide bonds. The fourth-order valence-electron chi connectivity index (χ4n) is 2.46. The van der Waals surface area contributed by atoms with Gasteiger partial charge in [0, 0.05) is 24.9 Å². The summed E-state index contributed by atoms with van der Waals surface area (Å²) in [7, 11) is -3.21. The van der Waals surface area contributed by atoms with Gasteiger partial charge in [-0.15, -0.1) is 0 Å². The minimum absolute atomic E-state index is 0.0633. The smallest absolute Gasteiger partial charge is 0.224 e. The van der Waals surface area contributed by atoms with Gasteiger partial charge in [-0.1, -0.05) is 19.1 Å². The van der Waals surface area contributed by atoms with Crippen LogP contribution in [-0.2, 0) is 21.2 Å². The number of sulfone groups is 1. The van der Waals surface area contributed by atoms with Crippen molar-refractivity contribution in [1.29, 1.82) is 0 Å². The van der Waals surface area contributed by atoms with Gasteiger partial charge in [-0.3, -0.25) is 4.79 Å². The summed E-state index contributed by atoms with van der Waals surface area (Å²) < 4.78 is 28.4. The van der Waals surface area contributed by atoms with Crippen molar-refractivity contribution in [2.45, 2.75) is 31.2 Å². The number of carbonyl (C=O) groups is 1. The normalized spacial score (nSPS) is 11.2. The zero-order valence-corrected chi connectivity index (χ0v) is 16.5. The SMILES string of the molecule is CCNCc1cccc(NC(=O)CCCOc2ccc(S(C)(=O)=O)cc2)c1. The topological polar surface area (TPSA) is 84.5 Å². The second kappa shape index (κ2) is 10.1. The highest BCUT2D eigenvalue weighted by atomic mass is 32.2. The Bertz CT molecular complexity index is 849. The molecule has 0 atom stereocenters. The quantitative estimate of drug-likeness (QED) is 0.609. The van der Waals surface area contributed by atoms with Crippen LogP contribution in [0.2, 0.25) is 0 Å². The number of hydrogen-bond acceptors (Lipinski definition) is 5. The number of amides is 1. The molecular weight excluding hydrogens is 364 g/mol. The Labute approximate surface area is 160 Å². The van der Waals surface area contributed by atoms with Crippen LogP contribution in [0.5, 0.6) is 5.75 Å². The number of hydrogen-bond donors (Lipinski definition) is 2. The molecule has 146 valence electrons. The third-order valence-electron chi connectivity index (χ3n) is 3.86. The molecule has 2 rings (SSSR count). The van der Waals surface area contributed by atoms with Crippen LogP contribution in [0.25, 0.3) is 0 Å². The predicted molar refractivity (Wildman–Crippen MR) is 107 cm³/mol. The predicted octanol–water partition coefficient (Wildman–Crippen LogP) is 3.00. The van der Waals surface area contributed by atoms with Crippen molar-refractivity contribution in [3.05, 3.63) is 54.1 Å². The molecule has 6 nitrogen and oxygen atoms in total. The minimum atomic E-state index is -3.21. The van der Waals surface area contributed by atoms with Crippen molar-refractivity contribution < 1.29 is 17.9 Å². The van der Waals surface area contributed by atoms with E-state index in [0.29, 0.717) is 25.2 Å². The number of ether oxygens (including phenoxy) is 1. The first-order chi connectivity index (χ1) is 12.9. The maximum Gasteiger partial charge on any atom is 0.224 e. The number of benzene rings is 2. The molecule has 0 radical (unpaired) electrons. The van der Waals surface area contributed by atoms with E-state index in [1.54, 1.807) is 12.1 Å². The fraction of sp³-hybridized carbons (Fsp3) is 0.350. The van der Waals surface area contributed by atoms with Crippen LogP contribution in [-0.4, -0.2) is 33.7 Å². The molecule has 0 aliphatic heterocycles. The maximum absolute atomic E-state index is 12.1. The summed E-state index contributed by atoms with van der Waals surface area (Å²) in [5, 5.41) is 6.14. The molecule has 0 heterocycles. The molecule has 0 bridgehead atoms. The number of rotatable bonds is 10. The Hall–Kier alpha value is -2.38. The number of anilines is 1. The minimum Gasteiger partial charge on any atom is -0.494 e. The van der Waals surface area contributed by atoms with E-state index in [1.165, 1.54) is 12.1 Å². The molecule has 0 fully saturated rings. The lowest BCUT2D eigenvalue weighted by Crippen LogP contribution is -2.14. The van der Waals surface area contributed by atoms with Gasteiger partial charge < -0.3 is 15.4 Å². The lowest BCUT2D eigenvalue weighted by molar-refractivity contribution is -0.116. The van der Waals surface area contributed by atoms with Gasteiger partial charge in [-0.2, -0.15) is 0 Å². The molecule has 0 aliphatic carbocycles. The lowest BCUT2D eigenvalue weighted by atomic mass is 10.2. The van der Waals surface area contributed by atoms with Crippen molar-refractivity contribution in [1.82, 2.24) is 5.32 Å². The van der Waals surface area contributed by atoms with Crippen molar-refractivity contribution in [2.24, 2.45) is 0 Å². The van der Waals surface area contributed by atoms with E-state index in [1.807, 2.05) is 31.2 Å². The molecule has 0 aromatic heterocycles. The van der Waals surface area contributed by atoms with Gasteiger partial charge in [0.25, 0.3) is 0 Å². The van der Waals surface area contributed by atoms with E-state index >= 15 is 0 Å². The van der Waals surface area contributed by atoms with E-state index in [0.717, 1.165) is 30.6 Å². The first-order valence-corrected chi connectivity index (χ1v) is 10.8. The summed E-state index contributed by atoms with van der Waals surface area (Å²) >= 11 is 0. The van der Waals surface area contributed by atoms with Crippen LogP contribution in [0.3, 0.4) is 0 Å². The fourth-order valence-corrected chi connectivity index (χ4v) is 3.09. The summed E-state index contributed by atoms with van der Waals surface area (Å²) in [5.41, 5.74) is 1.91. The van der Waals surface area contributed by atoms with Crippen molar-refractivity contribution in [3.63, 3.8) is 0 Å². The number of carbonyl (C=O) groups excluding carboxylic acids is 1. The molecule has 2 N–H and O–H groups in total. The van der Waals surface area contributed by atoms with E-state index < -0.39 is 9.84 Å². The first kappa shape index (κ1) is 20.9. The van der Waals surface area contributed by atoms with E-state index in [2.05, 4.69) is 10.6 Å². The summed E-state index contributed by atoms with van der Waals surface area (Å²) in [6.45, 7) is 4.10. The molecule has 0 saturated heterocycles. The van der Waals surface area contributed by atoms with Crippen LogP contribution in [0.4, 0.5) is 5.69 Å². The van der Waals surface area contributed by atoms with E-state index in [4.69, 9.17) is 4.74 Å².